The molecule has 3 rings (SSSR count). The molecule has 1 fully saturated rings. The van der Waals surface area contributed by atoms with Gasteiger partial charge in [0.05, 0.1) is 5.41 Å². The van der Waals surface area contributed by atoms with E-state index in [4.69, 9.17) is 4.74 Å². The summed E-state index contributed by atoms with van der Waals surface area (Å²) in [5.74, 6) is 0.353. The predicted molar refractivity (Wildman–Crippen MR) is 91.7 cm³/mol. The van der Waals surface area contributed by atoms with Gasteiger partial charge in [-0.3, -0.25) is 9.78 Å². The third-order valence-electron chi connectivity index (χ3n) is 4.25. The van der Waals surface area contributed by atoms with E-state index in [0.29, 0.717) is 30.2 Å². The van der Waals surface area contributed by atoms with Crippen LogP contribution in [0, 0.1) is 5.41 Å². The highest BCUT2D eigenvalue weighted by molar-refractivity contribution is 5.90. The Labute approximate surface area is 145 Å². The lowest BCUT2D eigenvalue weighted by atomic mass is 9.90. The molecule has 2 N–H and O–H groups in total. The third-order valence-corrected chi connectivity index (χ3v) is 4.25. The Bertz CT molecular complexity index is 781. The Morgan fingerprint density at radius 3 is 2.68 bits per heavy atom. The highest BCUT2D eigenvalue weighted by Gasteiger charge is 2.42. The molecule has 1 atom stereocenters. The standard InChI is InChI=1S/C18H19N3O4/c1-18(16(22)23)7-10-21(12-18)17(24)20-13-3-2-4-15(11-13)25-14-5-8-19-9-6-14/h2-6,8-9,11H,7,10,12H2,1H3,(H,20,24)(H,22,23). The number of hydrogen-bond donors (Lipinski definition) is 2. The summed E-state index contributed by atoms with van der Waals surface area (Å²) in [5.41, 5.74) is -0.301. The van der Waals surface area contributed by atoms with Crippen molar-refractivity contribution in [2.45, 2.75) is 13.3 Å². The van der Waals surface area contributed by atoms with Crippen LogP contribution in [0.15, 0.2) is 48.8 Å². The molecule has 25 heavy (non-hydrogen) atoms. The number of carbonyl (C=O) groups is 2. The lowest BCUT2D eigenvalue weighted by Gasteiger charge is -2.20. The van der Waals surface area contributed by atoms with Gasteiger partial charge in [-0.15, -0.1) is 0 Å². The van der Waals surface area contributed by atoms with E-state index in [1.807, 2.05) is 0 Å². The van der Waals surface area contributed by atoms with Crippen molar-refractivity contribution in [2.75, 3.05) is 18.4 Å². The normalized spacial score (nSPS) is 19.5. The van der Waals surface area contributed by atoms with E-state index in [1.54, 1.807) is 55.7 Å². The Balaban J connectivity index is 1.64. The minimum absolute atomic E-state index is 0.196. The van der Waals surface area contributed by atoms with E-state index in [1.165, 1.54) is 4.90 Å². The fourth-order valence-electron chi connectivity index (χ4n) is 2.69. The zero-order valence-electron chi connectivity index (χ0n) is 13.8. The fourth-order valence-corrected chi connectivity index (χ4v) is 2.69. The molecule has 2 amide bonds. The van der Waals surface area contributed by atoms with Crippen molar-refractivity contribution in [1.29, 1.82) is 0 Å². The molecule has 1 aromatic carbocycles. The van der Waals surface area contributed by atoms with Crippen LogP contribution in [-0.2, 0) is 4.79 Å². The van der Waals surface area contributed by atoms with Crippen molar-refractivity contribution in [2.24, 2.45) is 5.41 Å². The molecule has 1 unspecified atom stereocenters. The highest BCUT2D eigenvalue weighted by Crippen LogP contribution is 2.31. The van der Waals surface area contributed by atoms with Gasteiger partial charge in [-0.05, 0) is 37.6 Å². The Hall–Kier alpha value is -3.09. The summed E-state index contributed by atoms with van der Waals surface area (Å²) in [6, 6.07) is 10.2. The number of carboxylic acid groups (broad SMARTS) is 1. The first-order valence-corrected chi connectivity index (χ1v) is 7.94. The van der Waals surface area contributed by atoms with Gasteiger partial charge >= 0.3 is 12.0 Å². The Morgan fingerprint density at radius 1 is 1.24 bits per heavy atom. The van der Waals surface area contributed by atoms with Crippen LogP contribution < -0.4 is 10.1 Å². The maximum Gasteiger partial charge on any atom is 0.321 e. The SMILES string of the molecule is CC1(C(=O)O)CCN(C(=O)Nc2cccc(Oc3ccncc3)c2)C1. The van der Waals surface area contributed by atoms with E-state index in [-0.39, 0.29) is 12.6 Å². The molecule has 0 radical (unpaired) electrons. The molecular weight excluding hydrogens is 322 g/mol. The first-order chi connectivity index (χ1) is 12.0. The van der Waals surface area contributed by atoms with Crippen LogP contribution in [-0.4, -0.2) is 40.1 Å². The number of benzene rings is 1. The molecule has 7 heteroatoms. The third kappa shape index (κ3) is 3.88. The zero-order valence-corrected chi connectivity index (χ0v) is 13.8. The lowest BCUT2D eigenvalue weighted by Crippen LogP contribution is -2.37. The minimum Gasteiger partial charge on any atom is -0.481 e. The van der Waals surface area contributed by atoms with Crippen molar-refractivity contribution in [1.82, 2.24) is 9.88 Å². The molecule has 1 saturated heterocycles. The first kappa shape index (κ1) is 16.8. The van der Waals surface area contributed by atoms with E-state index in [9.17, 15) is 14.7 Å². The summed E-state index contributed by atoms with van der Waals surface area (Å²) >= 11 is 0. The molecular formula is C18H19N3O4. The molecule has 2 aromatic rings. The van der Waals surface area contributed by atoms with Crippen LogP contribution in [0.1, 0.15) is 13.3 Å². The quantitative estimate of drug-likeness (QED) is 0.891. The number of aromatic nitrogens is 1. The second kappa shape index (κ2) is 6.80. The average Bonchev–Trinajstić information content (AvgIpc) is 3.00. The van der Waals surface area contributed by atoms with Crippen molar-refractivity contribution in [3.05, 3.63) is 48.8 Å². The van der Waals surface area contributed by atoms with Gasteiger partial charge in [0.1, 0.15) is 11.5 Å². The summed E-state index contributed by atoms with van der Waals surface area (Å²) < 4.78 is 5.71. The average molecular weight is 341 g/mol. The summed E-state index contributed by atoms with van der Waals surface area (Å²) in [6.07, 6.45) is 3.71. The molecule has 1 aliphatic rings. The largest absolute Gasteiger partial charge is 0.481 e. The van der Waals surface area contributed by atoms with Crippen LogP contribution in [0.25, 0.3) is 0 Å². The number of pyridine rings is 1. The highest BCUT2D eigenvalue weighted by atomic mass is 16.5. The Morgan fingerprint density at radius 2 is 2.00 bits per heavy atom. The predicted octanol–water partition coefficient (Wildman–Crippen LogP) is 3.20. The van der Waals surface area contributed by atoms with Crippen LogP contribution in [0.5, 0.6) is 11.5 Å². The van der Waals surface area contributed by atoms with E-state index < -0.39 is 11.4 Å². The number of ether oxygens (including phenoxy) is 1. The zero-order chi connectivity index (χ0) is 17.9. The van der Waals surface area contributed by atoms with Crippen LogP contribution in [0.3, 0.4) is 0 Å². The number of anilines is 1. The summed E-state index contributed by atoms with van der Waals surface area (Å²) in [7, 11) is 0. The van der Waals surface area contributed by atoms with E-state index in [0.717, 1.165) is 0 Å². The van der Waals surface area contributed by atoms with Gasteiger partial charge in [0.15, 0.2) is 0 Å². The second-order valence-electron chi connectivity index (χ2n) is 6.28. The molecule has 0 aliphatic carbocycles. The number of nitrogens with one attached hydrogen (secondary N) is 1. The topological polar surface area (TPSA) is 91.8 Å². The smallest absolute Gasteiger partial charge is 0.321 e. The van der Waals surface area contributed by atoms with Crippen LogP contribution >= 0.6 is 0 Å². The first-order valence-electron chi connectivity index (χ1n) is 7.94. The second-order valence-corrected chi connectivity index (χ2v) is 6.28. The number of hydrogen-bond acceptors (Lipinski definition) is 4. The fraction of sp³-hybridized carbons (Fsp3) is 0.278. The lowest BCUT2D eigenvalue weighted by molar-refractivity contribution is -0.146. The van der Waals surface area contributed by atoms with Gasteiger partial charge in [-0.2, -0.15) is 0 Å². The summed E-state index contributed by atoms with van der Waals surface area (Å²) in [6.45, 7) is 2.27. The van der Waals surface area contributed by atoms with Gasteiger partial charge in [0.2, 0.25) is 0 Å². The number of rotatable bonds is 4. The van der Waals surface area contributed by atoms with Gasteiger partial charge in [-0.1, -0.05) is 6.07 Å². The maximum absolute atomic E-state index is 12.4. The van der Waals surface area contributed by atoms with Crippen LogP contribution in [0.2, 0.25) is 0 Å². The molecule has 1 aromatic heterocycles. The van der Waals surface area contributed by atoms with Gasteiger partial charge in [0, 0.05) is 37.2 Å². The number of amides is 2. The molecule has 7 nitrogen and oxygen atoms in total. The molecule has 2 heterocycles. The van der Waals surface area contributed by atoms with Crippen LogP contribution in [0.4, 0.5) is 10.5 Å². The van der Waals surface area contributed by atoms with Crippen molar-refractivity contribution in [3.63, 3.8) is 0 Å². The molecule has 0 bridgehead atoms. The van der Waals surface area contributed by atoms with E-state index in [2.05, 4.69) is 10.3 Å². The number of urea groups is 1. The monoisotopic (exact) mass is 341 g/mol. The molecule has 1 aliphatic heterocycles. The van der Waals surface area contributed by atoms with Crippen molar-refractivity contribution in [3.8, 4) is 11.5 Å². The molecule has 130 valence electrons. The number of aliphatic carboxylic acids is 1. The van der Waals surface area contributed by atoms with Gasteiger partial charge in [-0.25, -0.2) is 4.79 Å². The minimum atomic E-state index is -0.885. The summed E-state index contributed by atoms with van der Waals surface area (Å²) in [4.78, 5) is 29.1. The van der Waals surface area contributed by atoms with Crippen molar-refractivity contribution >= 4 is 17.7 Å². The number of likely N-dealkylation sites (tertiary alicyclic amines) is 1. The summed E-state index contributed by atoms with van der Waals surface area (Å²) in [5, 5.41) is 12.0. The maximum atomic E-state index is 12.4. The van der Waals surface area contributed by atoms with E-state index >= 15 is 0 Å². The molecule has 0 saturated carbocycles. The Kier molecular flexibility index (Phi) is 4.56. The molecule has 0 spiro atoms. The number of carbonyl (C=O) groups excluding carboxylic acids is 1. The number of carboxylic acids is 1. The van der Waals surface area contributed by atoms with Gasteiger partial charge in [0.25, 0.3) is 0 Å². The number of nitrogens with zero attached hydrogens (tertiary/aromatic N) is 2. The van der Waals surface area contributed by atoms with Crippen molar-refractivity contribution < 1.29 is 19.4 Å². The van der Waals surface area contributed by atoms with Gasteiger partial charge < -0.3 is 20.1 Å².